The van der Waals surface area contributed by atoms with Crippen LogP contribution in [0.25, 0.3) is 0 Å². The van der Waals surface area contributed by atoms with Gasteiger partial charge in [-0.05, 0) is 23.8 Å². The van der Waals surface area contributed by atoms with E-state index in [0.29, 0.717) is 23.5 Å². The fraction of sp³-hybridized carbons (Fsp3) is 0.471. The molecule has 0 heterocycles. The zero-order valence-corrected chi connectivity index (χ0v) is 11.0. The second kappa shape index (κ2) is 4.38. The van der Waals surface area contributed by atoms with Crippen LogP contribution in [0, 0.1) is 23.7 Å². The highest BCUT2D eigenvalue weighted by Gasteiger charge is 2.48. The molecule has 1 saturated carbocycles. The predicted molar refractivity (Wildman–Crippen MR) is 73.3 cm³/mol. The van der Waals surface area contributed by atoms with E-state index in [0.717, 1.165) is 0 Å². The van der Waals surface area contributed by atoms with Gasteiger partial charge in [0.2, 0.25) is 0 Å². The minimum Gasteiger partial charge on any atom is -0.299 e. The van der Waals surface area contributed by atoms with Crippen LogP contribution in [0.4, 0.5) is 0 Å². The molecule has 0 spiro atoms. The Morgan fingerprint density at radius 3 is 2.44 bits per heavy atom. The lowest BCUT2D eigenvalue weighted by Crippen LogP contribution is -2.29. The molecular weight excluding hydrogens is 220 g/mol. The number of hydrogen-bond donors (Lipinski definition) is 0. The van der Waals surface area contributed by atoms with Crippen molar-refractivity contribution in [2.45, 2.75) is 26.2 Å². The number of benzene rings is 1. The summed E-state index contributed by atoms with van der Waals surface area (Å²) in [5.74, 6) is 2.27. The van der Waals surface area contributed by atoms with E-state index in [9.17, 15) is 4.79 Å². The Morgan fingerprint density at radius 2 is 1.78 bits per heavy atom. The molecule has 0 radical (unpaired) electrons. The molecule has 4 atom stereocenters. The van der Waals surface area contributed by atoms with E-state index in [1.165, 1.54) is 12.0 Å². The number of allylic oxidation sites excluding steroid dienone is 2. The van der Waals surface area contributed by atoms with Gasteiger partial charge in [-0.15, -0.1) is 0 Å². The first-order chi connectivity index (χ1) is 8.68. The Morgan fingerprint density at radius 1 is 1.11 bits per heavy atom. The van der Waals surface area contributed by atoms with Gasteiger partial charge in [0.15, 0.2) is 0 Å². The number of Topliss-reactive ketones (excluding diaryl/α,β-unsaturated/α-hetero) is 1. The Labute approximate surface area is 109 Å². The van der Waals surface area contributed by atoms with Crippen molar-refractivity contribution in [2.24, 2.45) is 23.7 Å². The van der Waals surface area contributed by atoms with Crippen LogP contribution < -0.4 is 0 Å². The van der Waals surface area contributed by atoms with Crippen molar-refractivity contribution in [3.05, 3.63) is 48.0 Å². The molecule has 1 aromatic rings. The zero-order valence-electron chi connectivity index (χ0n) is 11.0. The normalized spacial score (nSPS) is 33.3. The Balaban J connectivity index is 1.97. The van der Waals surface area contributed by atoms with Gasteiger partial charge in [0.05, 0.1) is 0 Å². The number of carbonyl (C=O) groups excluding carboxylic acids is 1. The van der Waals surface area contributed by atoms with Crippen LogP contribution in [-0.4, -0.2) is 5.78 Å². The van der Waals surface area contributed by atoms with Crippen LogP contribution in [0.1, 0.15) is 31.7 Å². The molecule has 0 amide bonds. The van der Waals surface area contributed by atoms with Gasteiger partial charge in [-0.1, -0.05) is 56.3 Å². The van der Waals surface area contributed by atoms with Crippen LogP contribution in [0.5, 0.6) is 0 Å². The van der Waals surface area contributed by atoms with Crippen molar-refractivity contribution < 1.29 is 4.79 Å². The topological polar surface area (TPSA) is 17.1 Å². The third-order valence-corrected chi connectivity index (χ3v) is 4.54. The maximum Gasteiger partial charge on any atom is 0.139 e. The number of fused-ring (bicyclic) bond motifs is 2. The van der Waals surface area contributed by atoms with E-state index in [-0.39, 0.29) is 11.8 Å². The Kier molecular flexibility index (Phi) is 2.85. The summed E-state index contributed by atoms with van der Waals surface area (Å²) in [5, 5.41) is 0. The molecule has 2 aliphatic carbocycles. The molecule has 18 heavy (non-hydrogen) atoms. The number of hydrogen-bond acceptors (Lipinski definition) is 1. The minimum atomic E-state index is 0.147. The summed E-state index contributed by atoms with van der Waals surface area (Å²) >= 11 is 0. The highest BCUT2D eigenvalue weighted by Crippen LogP contribution is 2.53. The summed E-state index contributed by atoms with van der Waals surface area (Å²) in [4.78, 5) is 12.5. The average molecular weight is 240 g/mol. The fourth-order valence-electron chi connectivity index (χ4n) is 3.72. The van der Waals surface area contributed by atoms with Gasteiger partial charge in [-0.25, -0.2) is 0 Å². The van der Waals surface area contributed by atoms with Gasteiger partial charge in [0, 0.05) is 17.8 Å². The first-order valence-corrected chi connectivity index (χ1v) is 6.95. The van der Waals surface area contributed by atoms with Crippen LogP contribution >= 0.6 is 0 Å². The summed E-state index contributed by atoms with van der Waals surface area (Å²) in [6.45, 7) is 4.06. The van der Waals surface area contributed by atoms with Crippen LogP contribution in [-0.2, 0) is 4.79 Å². The zero-order chi connectivity index (χ0) is 12.7. The van der Waals surface area contributed by atoms with Crippen LogP contribution in [0.3, 0.4) is 0 Å². The molecule has 1 heteroatoms. The molecule has 1 aromatic carbocycles. The molecule has 0 saturated heterocycles. The molecular formula is C17H20O. The number of carbonyl (C=O) groups is 1. The van der Waals surface area contributed by atoms with E-state index < -0.39 is 0 Å². The van der Waals surface area contributed by atoms with Crippen molar-refractivity contribution in [3.8, 4) is 0 Å². The van der Waals surface area contributed by atoms with Gasteiger partial charge in [-0.3, -0.25) is 4.79 Å². The van der Waals surface area contributed by atoms with E-state index in [4.69, 9.17) is 0 Å². The lowest BCUT2D eigenvalue weighted by Gasteiger charge is -2.28. The van der Waals surface area contributed by atoms with Crippen LogP contribution in [0.2, 0.25) is 0 Å². The smallest absolute Gasteiger partial charge is 0.139 e. The maximum atomic E-state index is 12.5. The summed E-state index contributed by atoms with van der Waals surface area (Å²) in [6, 6.07) is 10.6. The molecule has 0 N–H and O–H groups in total. The second-order valence-electron chi connectivity index (χ2n) is 5.97. The average Bonchev–Trinajstić information content (AvgIpc) is 2.98. The summed E-state index contributed by atoms with van der Waals surface area (Å²) in [5.41, 5.74) is 1.34. The van der Waals surface area contributed by atoms with Gasteiger partial charge >= 0.3 is 0 Å². The van der Waals surface area contributed by atoms with E-state index in [2.05, 4.69) is 36.4 Å². The highest BCUT2D eigenvalue weighted by atomic mass is 16.1. The van der Waals surface area contributed by atoms with Gasteiger partial charge in [-0.2, -0.15) is 0 Å². The number of ketones is 1. The first-order valence-electron chi connectivity index (χ1n) is 6.95. The standard InChI is InChI=1S/C17H20O/c1-11(2)17(18)16-14-9-8-13(10-14)15(16)12-6-4-3-5-7-12/h3-9,11,13-16H,10H2,1-2H3/t13-,14+,15+,16+/m0/s1. The molecule has 0 aromatic heterocycles. The Bertz CT molecular complexity index is 472. The monoisotopic (exact) mass is 240 g/mol. The quantitative estimate of drug-likeness (QED) is 0.734. The van der Waals surface area contributed by atoms with Gasteiger partial charge in [0.1, 0.15) is 5.78 Å². The lowest BCUT2D eigenvalue weighted by molar-refractivity contribution is -0.127. The third-order valence-electron chi connectivity index (χ3n) is 4.54. The van der Waals surface area contributed by atoms with Crippen molar-refractivity contribution in [3.63, 3.8) is 0 Å². The van der Waals surface area contributed by atoms with E-state index >= 15 is 0 Å². The minimum absolute atomic E-state index is 0.147. The second-order valence-corrected chi connectivity index (χ2v) is 5.97. The Hall–Kier alpha value is -1.37. The van der Waals surface area contributed by atoms with E-state index in [1.54, 1.807) is 0 Å². The SMILES string of the molecule is CC(C)C(=O)[C@H]1[C@H](c2ccccc2)[C@H]2C=C[C@@H]1C2. The molecule has 1 fully saturated rings. The predicted octanol–water partition coefficient (Wildman–Crippen LogP) is 3.82. The molecule has 2 bridgehead atoms. The molecule has 3 rings (SSSR count). The van der Waals surface area contributed by atoms with Crippen molar-refractivity contribution >= 4 is 5.78 Å². The molecule has 2 aliphatic rings. The molecule has 0 aliphatic heterocycles. The highest BCUT2D eigenvalue weighted by molar-refractivity contribution is 5.85. The largest absolute Gasteiger partial charge is 0.299 e. The summed E-state index contributed by atoms with van der Waals surface area (Å²) in [6.07, 6.45) is 5.77. The fourth-order valence-corrected chi connectivity index (χ4v) is 3.72. The van der Waals surface area contributed by atoms with Gasteiger partial charge < -0.3 is 0 Å². The summed E-state index contributed by atoms with van der Waals surface area (Å²) < 4.78 is 0. The van der Waals surface area contributed by atoms with E-state index in [1.807, 2.05) is 19.9 Å². The molecule has 0 unspecified atom stereocenters. The van der Waals surface area contributed by atoms with Crippen LogP contribution in [0.15, 0.2) is 42.5 Å². The number of rotatable bonds is 3. The van der Waals surface area contributed by atoms with Crippen molar-refractivity contribution in [2.75, 3.05) is 0 Å². The van der Waals surface area contributed by atoms with Gasteiger partial charge in [0.25, 0.3) is 0 Å². The van der Waals surface area contributed by atoms with Crippen molar-refractivity contribution in [1.29, 1.82) is 0 Å². The molecule has 94 valence electrons. The maximum absolute atomic E-state index is 12.5. The summed E-state index contributed by atoms with van der Waals surface area (Å²) in [7, 11) is 0. The lowest BCUT2D eigenvalue weighted by atomic mass is 9.74. The van der Waals surface area contributed by atoms with Crippen molar-refractivity contribution in [1.82, 2.24) is 0 Å². The molecule has 1 nitrogen and oxygen atoms in total. The first kappa shape index (κ1) is 11.7. The third kappa shape index (κ3) is 1.73.